The average molecular weight is 284 g/mol. The van der Waals surface area contributed by atoms with Gasteiger partial charge in [0.25, 0.3) is 0 Å². The van der Waals surface area contributed by atoms with Gasteiger partial charge >= 0.3 is 0 Å². The molecule has 1 aliphatic heterocycles. The lowest BCUT2D eigenvalue weighted by Gasteiger charge is -2.31. The largest absolute Gasteiger partial charge is 0.384 e. The summed E-state index contributed by atoms with van der Waals surface area (Å²) in [4.78, 5) is 13.3. The van der Waals surface area contributed by atoms with Crippen molar-refractivity contribution in [3.05, 3.63) is 36.4 Å². The molecule has 0 aliphatic carbocycles. The predicted molar refractivity (Wildman–Crippen MR) is 82.6 cm³/mol. The first-order valence-corrected chi connectivity index (χ1v) is 7.31. The molecular weight excluding hydrogens is 264 g/mol. The molecule has 0 bridgehead atoms. The highest BCUT2D eigenvalue weighted by atomic mass is 16.2. The van der Waals surface area contributed by atoms with Gasteiger partial charge in [-0.3, -0.25) is 4.79 Å². The maximum Gasteiger partial charge on any atom is 0.219 e. The van der Waals surface area contributed by atoms with E-state index in [1.165, 1.54) is 0 Å². The van der Waals surface area contributed by atoms with E-state index in [4.69, 9.17) is 5.73 Å². The fraction of sp³-hybridized carbons (Fsp3) is 0.375. The van der Waals surface area contributed by atoms with Crippen molar-refractivity contribution in [1.82, 2.24) is 14.7 Å². The molecule has 5 nitrogen and oxygen atoms in total. The first-order valence-electron chi connectivity index (χ1n) is 7.31. The van der Waals surface area contributed by atoms with E-state index >= 15 is 0 Å². The SMILES string of the molecule is CC(=O)N1CCC(n2nc(-c3ccccc3)cc2N)CC1. The molecule has 2 aromatic rings. The van der Waals surface area contributed by atoms with Crippen LogP contribution in [0.2, 0.25) is 0 Å². The van der Waals surface area contributed by atoms with Crippen LogP contribution >= 0.6 is 0 Å². The van der Waals surface area contributed by atoms with Gasteiger partial charge in [-0.05, 0) is 12.8 Å². The Hall–Kier alpha value is -2.30. The number of carbonyl (C=O) groups excluding carboxylic acids is 1. The van der Waals surface area contributed by atoms with Crippen LogP contribution < -0.4 is 5.73 Å². The normalized spacial score (nSPS) is 16.1. The number of hydrogen-bond donors (Lipinski definition) is 1. The molecule has 110 valence electrons. The Bertz CT molecular complexity index is 627. The number of aromatic nitrogens is 2. The van der Waals surface area contributed by atoms with Gasteiger partial charge in [0.2, 0.25) is 5.91 Å². The number of anilines is 1. The third-order valence-electron chi connectivity index (χ3n) is 4.09. The molecule has 3 rings (SSSR count). The Kier molecular flexibility index (Phi) is 3.64. The van der Waals surface area contributed by atoms with E-state index in [-0.39, 0.29) is 11.9 Å². The van der Waals surface area contributed by atoms with Gasteiger partial charge in [-0.2, -0.15) is 5.10 Å². The van der Waals surface area contributed by atoms with Crippen molar-refractivity contribution in [2.75, 3.05) is 18.8 Å². The van der Waals surface area contributed by atoms with E-state index in [9.17, 15) is 4.79 Å². The number of likely N-dealkylation sites (tertiary alicyclic amines) is 1. The van der Waals surface area contributed by atoms with E-state index in [1.807, 2.05) is 46.0 Å². The zero-order valence-electron chi connectivity index (χ0n) is 12.2. The third-order valence-corrected chi connectivity index (χ3v) is 4.09. The molecule has 2 heterocycles. The lowest BCUT2D eigenvalue weighted by molar-refractivity contribution is -0.130. The minimum Gasteiger partial charge on any atom is -0.384 e. The van der Waals surface area contributed by atoms with Crippen molar-refractivity contribution in [3.63, 3.8) is 0 Å². The fourth-order valence-electron chi connectivity index (χ4n) is 2.88. The van der Waals surface area contributed by atoms with Crippen LogP contribution in [0.15, 0.2) is 36.4 Å². The summed E-state index contributed by atoms with van der Waals surface area (Å²) >= 11 is 0. The topological polar surface area (TPSA) is 64.2 Å². The maximum absolute atomic E-state index is 11.4. The summed E-state index contributed by atoms with van der Waals surface area (Å²) in [5, 5.41) is 4.66. The van der Waals surface area contributed by atoms with E-state index in [0.29, 0.717) is 5.82 Å². The second kappa shape index (κ2) is 5.60. The highest BCUT2D eigenvalue weighted by Crippen LogP contribution is 2.28. The van der Waals surface area contributed by atoms with Gasteiger partial charge in [-0.15, -0.1) is 0 Å². The number of rotatable bonds is 2. The first-order chi connectivity index (χ1) is 10.1. The third kappa shape index (κ3) is 2.77. The van der Waals surface area contributed by atoms with Gasteiger partial charge in [0.15, 0.2) is 0 Å². The first kappa shape index (κ1) is 13.7. The number of nitrogens with zero attached hydrogens (tertiary/aromatic N) is 3. The van der Waals surface area contributed by atoms with Crippen molar-refractivity contribution < 1.29 is 4.79 Å². The van der Waals surface area contributed by atoms with Gasteiger partial charge < -0.3 is 10.6 Å². The smallest absolute Gasteiger partial charge is 0.219 e. The summed E-state index contributed by atoms with van der Waals surface area (Å²) in [5.41, 5.74) is 8.10. The summed E-state index contributed by atoms with van der Waals surface area (Å²) in [7, 11) is 0. The van der Waals surface area contributed by atoms with E-state index in [0.717, 1.165) is 37.2 Å². The lowest BCUT2D eigenvalue weighted by atomic mass is 10.1. The minimum atomic E-state index is 0.145. The molecule has 21 heavy (non-hydrogen) atoms. The van der Waals surface area contributed by atoms with Gasteiger partial charge in [-0.1, -0.05) is 30.3 Å². The molecule has 1 aliphatic rings. The summed E-state index contributed by atoms with van der Waals surface area (Å²) < 4.78 is 1.92. The number of carbonyl (C=O) groups is 1. The average Bonchev–Trinajstić information content (AvgIpc) is 2.90. The van der Waals surface area contributed by atoms with Crippen LogP contribution in [0.5, 0.6) is 0 Å². The van der Waals surface area contributed by atoms with Gasteiger partial charge in [0, 0.05) is 31.6 Å². The molecule has 1 fully saturated rings. The summed E-state index contributed by atoms with van der Waals surface area (Å²) in [6.07, 6.45) is 1.80. The Morgan fingerprint density at radius 1 is 1.24 bits per heavy atom. The summed E-state index contributed by atoms with van der Waals surface area (Å²) in [6.45, 7) is 3.18. The van der Waals surface area contributed by atoms with Crippen LogP contribution in [0.25, 0.3) is 11.3 Å². The Morgan fingerprint density at radius 3 is 2.52 bits per heavy atom. The van der Waals surface area contributed by atoms with Crippen molar-refractivity contribution >= 4 is 11.7 Å². The number of nitrogen functional groups attached to an aromatic ring is 1. The molecule has 0 radical (unpaired) electrons. The van der Waals surface area contributed by atoms with Crippen LogP contribution in [-0.2, 0) is 4.79 Å². The summed E-state index contributed by atoms with van der Waals surface area (Å²) in [6, 6.07) is 12.2. The van der Waals surface area contributed by atoms with Crippen molar-refractivity contribution in [1.29, 1.82) is 0 Å². The molecule has 5 heteroatoms. The van der Waals surface area contributed by atoms with Crippen molar-refractivity contribution in [2.45, 2.75) is 25.8 Å². The molecule has 1 aromatic heterocycles. The molecule has 2 N–H and O–H groups in total. The lowest BCUT2D eigenvalue weighted by Crippen LogP contribution is -2.38. The number of hydrogen-bond acceptors (Lipinski definition) is 3. The van der Waals surface area contributed by atoms with Crippen molar-refractivity contribution in [3.8, 4) is 11.3 Å². The molecule has 1 aromatic carbocycles. The molecule has 1 amide bonds. The second-order valence-electron chi connectivity index (χ2n) is 5.50. The molecule has 1 saturated heterocycles. The van der Waals surface area contributed by atoms with Crippen LogP contribution in [0, 0.1) is 0 Å². The zero-order valence-corrected chi connectivity index (χ0v) is 12.2. The Labute approximate surface area is 124 Å². The van der Waals surface area contributed by atoms with Gasteiger partial charge in [-0.25, -0.2) is 4.68 Å². The van der Waals surface area contributed by atoms with E-state index in [2.05, 4.69) is 5.10 Å². The molecule has 0 saturated carbocycles. The molecule has 0 unspecified atom stereocenters. The predicted octanol–water partition coefficient (Wildman–Crippen LogP) is 2.32. The molecule has 0 atom stereocenters. The fourth-order valence-corrected chi connectivity index (χ4v) is 2.88. The Morgan fingerprint density at radius 2 is 1.90 bits per heavy atom. The minimum absolute atomic E-state index is 0.145. The molecular formula is C16H20N4O. The quantitative estimate of drug-likeness (QED) is 0.920. The van der Waals surface area contributed by atoms with Crippen LogP contribution in [0.4, 0.5) is 5.82 Å². The zero-order chi connectivity index (χ0) is 14.8. The van der Waals surface area contributed by atoms with E-state index < -0.39 is 0 Å². The number of benzene rings is 1. The van der Waals surface area contributed by atoms with Crippen molar-refractivity contribution in [2.24, 2.45) is 0 Å². The number of nitrogens with two attached hydrogens (primary N) is 1. The highest BCUT2D eigenvalue weighted by Gasteiger charge is 2.24. The number of amides is 1. The van der Waals surface area contributed by atoms with E-state index in [1.54, 1.807) is 6.92 Å². The van der Waals surface area contributed by atoms with Crippen LogP contribution in [0.3, 0.4) is 0 Å². The monoisotopic (exact) mass is 284 g/mol. The standard InChI is InChI=1S/C16H20N4O/c1-12(21)19-9-7-14(8-10-19)20-16(17)11-15(18-20)13-5-3-2-4-6-13/h2-6,11,14H,7-10,17H2,1H3. The van der Waals surface area contributed by atoms with Crippen LogP contribution in [0.1, 0.15) is 25.8 Å². The Balaban J connectivity index is 1.78. The number of piperidine rings is 1. The summed E-state index contributed by atoms with van der Waals surface area (Å²) in [5.74, 6) is 0.835. The molecule has 0 spiro atoms. The van der Waals surface area contributed by atoms with Gasteiger partial charge in [0.05, 0.1) is 11.7 Å². The second-order valence-corrected chi connectivity index (χ2v) is 5.50. The highest BCUT2D eigenvalue weighted by molar-refractivity contribution is 5.73. The van der Waals surface area contributed by atoms with Gasteiger partial charge in [0.1, 0.15) is 5.82 Å². The van der Waals surface area contributed by atoms with Crippen LogP contribution in [-0.4, -0.2) is 33.7 Å². The maximum atomic E-state index is 11.4.